The molecule has 0 aromatic rings. The maximum Gasteiger partial charge on any atom is 0.0949 e. The molecular formula is C7H10FN. The number of rotatable bonds is 3. The molecule has 0 saturated heterocycles. The summed E-state index contributed by atoms with van der Waals surface area (Å²) in [6, 6.07) is 0. The van der Waals surface area contributed by atoms with E-state index in [2.05, 4.69) is 6.58 Å². The number of nitrogens with zero attached hydrogens (tertiary/aromatic N) is 1. The quantitative estimate of drug-likeness (QED) is 0.560. The molecule has 0 radical (unpaired) electrons. The van der Waals surface area contributed by atoms with Crippen LogP contribution < -0.4 is 0 Å². The summed E-state index contributed by atoms with van der Waals surface area (Å²) in [4.78, 5) is 1.90. The van der Waals surface area contributed by atoms with E-state index >= 15 is 0 Å². The van der Waals surface area contributed by atoms with Crippen LogP contribution in [0.5, 0.6) is 0 Å². The highest BCUT2D eigenvalue weighted by molar-refractivity contribution is 5.26. The molecule has 0 atom stereocenters. The van der Waals surface area contributed by atoms with Crippen LogP contribution in [-0.4, -0.2) is 11.6 Å². The van der Waals surface area contributed by atoms with Crippen LogP contribution in [0, 0.1) is 0 Å². The highest BCUT2D eigenvalue weighted by atomic mass is 19.1. The van der Waals surface area contributed by atoms with E-state index in [1.54, 1.807) is 0 Å². The Balaban J connectivity index is 2.22. The van der Waals surface area contributed by atoms with Crippen molar-refractivity contribution in [3.63, 3.8) is 0 Å². The summed E-state index contributed by atoms with van der Waals surface area (Å²) in [6.07, 6.45) is 2.44. The summed E-state index contributed by atoms with van der Waals surface area (Å²) in [7, 11) is 0. The van der Waals surface area contributed by atoms with Gasteiger partial charge in [-0.1, -0.05) is 6.58 Å². The fourth-order valence-corrected chi connectivity index (χ4v) is 0.757. The van der Waals surface area contributed by atoms with Crippen LogP contribution in [0.4, 0.5) is 4.39 Å². The second-order valence-corrected chi connectivity index (χ2v) is 2.16. The molecule has 0 spiro atoms. The van der Waals surface area contributed by atoms with Crippen LogP contribution in [0.1, 0.15) is 13.3 Å². The fourth-order valence-electron chi connectivity index (χ4n) is 0.757. The Kier molecular flexibility index (Phi) is 1.56. The van der Waals surface area contributed by atoms with Crippen molar-refractivity contribution >= 4 is 0 Å². The van der Waals surface area contributed by atoms with Crippen molar-refractivity contribution in [3.8, 4) is 0 Å². The number of allylic oxidation sites excluding steroid dienone is 2. The lowest BCUT2D eigenvalue weighted by atomic mass is 10.4. The maximum atomic E-state index is 11.6. The van der Waals surface area contributed by atoms with Gasteiger partial charge in [-0.3, -0.25) is 4.39 Å². The Morgan fingerprint density at radius 1 is 1.89 bits per heavy atom. The van der Waals surface area contributed by atoms with E-state index in [4.69, 9.17) is 0 Å². The molecule has 0 fully saturated rings. The lowest BCUT2D eigenvalue weighted by Gasteiger charge is -2.01. The second-order valence-electron chi connectivity index (χ2n) is 2.16. The zero-order valence-electron chi connectivity index (χ0n) is 5.52. The third kappa shape index (κ3) is 1.31. The van der Waals surface area contributed by atoms with Crippen molar-refractivity contribution in [2.45, 2.75) is 13.3 Å². The first-order valence-corrected chi connectivity index (χ1v) is 2.97. The third-order valence-electron chi connectivity index (χ3n) is 1.28. The molecule has 1 aliphatic heterocycles. The highest BCUT2D eigenvalue weighted by Gasteiger charge is 2.19. The highest BCUT2D eigenvalue weighted by Crippen LogP contribution is 2.28. The van der Waals surface area contributed by atoms with Gasteiger partial charge < -0.3 is 4.90 Å². The first kappa shape index (κ1) is 6.33. The van der Waals surface area contributed by atoms with E-state index in [1.807, 2.05) is 18.0 Å². The van der Waals surface area contributed by atoms with Gasteiger partial charge in [0.25, 0.3) is 0 Å². The Morgan fingerprint density at radius 2 is 2.56 bits per heavy atom. The molecule has 9 heavy (non-hydrogen) atoms. The lowest BCUT2D eigenvalue weighted by molar-refractivity contribution is 0.484. The normalized spacial score (nSPS) is 15.3. The maximum absolute atomic E-state index is 11.6. The van der Waals surface area contributed by atoms with Gasteiger partial charge in [-0.2, -0.15) is 0 Å². The summed E-state index contributed by atoms with van der Waals surface area (Å²) >= 11 is 0. The molecule has 0 unspecified atom stereocenters. The molecule has 1 heterocycles. The Labute approximate surface area is 54.5 Å². The monoisotopic (exact) mass is 127 g/mol. The first-order chi connectivity index (χ1) is 4.25. The van der Waals surface area contributed by atoms with Crippen LogP contribution >= 0.6 is 0 Å². The molecule has 2 heteroatoms. The molecule has 50 valence electrons. The number of halogens is 1. The van der Waals surface area contributed by atoms with Crippen molar-refractivity contribution in [2.75, 3.05) is 6.67 Å². The zero-order chi connectivity index (χ0) is 6.85. The molecule has 0 N–H and O–H groups in total. The van der Waals surface area contributed by atoms with E-state index in [1.165, 1.54) is 0 Å². The molecule has 0 saturated carbocycles. The van der Waals surface area contributed by atoms with Crippen LogP contribution in [0.25, 0.3) is 0 Å². The zero-order valence-corrected chi connectivity index (χ0v) is 5.52. The van der Waals surface area contributed by atoms with Crippen LogP contribution in [0.2, 0.25) is 0 Å². The molecule has 1 rings (SSSR count). The van der Waals surface area contributed by atoms with Crippen LogP contribution in [0.3, 0.4) is 0 Å². The second kappa shape index (κ2) is 2.21. The van der Waals surface area contributed by atoms with Gasteiger partial charge in [-0.05, 0) is 6.92 Å². The van der Waals surface area contributed by atoms with Gasteiger partial charge in [0, 0.05) is 24.0 Å². The summed E-state index contributed by atoms with van der Waals surface area (Å²) in [5.41, 5.74) is 2.03. The smallest absolute Gasteiger partial charge is 0.0949 e. The van der Waals surface area contributed by atoms with Crippen molar-refractivity contribution in [1.82, 2.24) is 4.90 Å². The number of hydrogen-bond acceptors (Lipinski definition) is 1. The molecule has 0 aromatic heterocycles. The average molecular weight is 127 g/mol. The predicted molar refractivity (Wildman–Crippen MR) is 35.3 cm³/mol. The summed E-state index contributed by atoms with van der Waals surface area (Å²) in [6.45, 7) is 5.34. The van der Waals surface area contributed by atoms with E-state index < -0.39 is 0 Å². The fraction of sp³-hybridized carbons (Fsp3) is 0.429. The third-order valence-corrected chi connectivity index (χ3v) is 1.28. The SMILES string of the molecule is C=C(C)N1C=C1CCF. The largest absolute Gasteiger partial charge is 0.322 e. The molecular weight excluding hydrogens is 117 g/mol. The molecule has 0 aromatic carbocycles. The number of hydrogen-bond donors (Lipinski definition) is 0. The summed E-state index contributed by atoms with van der Waals surface area (Å²) in [5.74, 6) is 0. The van der Waals surface area contributed by atoms with E-state index in [0.717, 1.165) is 11.4 Å². The van der Waals surface area contributed by atoms with E-state index in [9.17, 15) is 4.39 Å². The van der Waals surface area contributed by atoms with E-state index in [0.29, 0.717) is 6.42 Å². The topological polar surface area (TPSA) is 3.01 Å². The van der Waals surface area contributed by atoms with Gasteiger partial charge in [0.05, 0.1) is 6.67 Å². The van der Waals surface area contributed by atoms with Crippen molar-refractivity contribution in [3.05, 3.63) is 24.2 Å². The van der Waals surface area contributed by atoms with E-state index in [-0.39, 0.29) is 6.67 Å². The molecule has 0 bridgehead atoms. The average Bonchev–Trinajstić information content (AvgIpc) is 2.47. The Bertz CT molecular complexity index is 160. The Morgan fingerprint density at radius 3 is 2.89 bits per heavy atom. The van der Waals surface area contributed by atoms with Crippen LogP contribution in [-0.2, 0) is 0 Å². The predicted octanol–water partition coefficient (Wildman–Crippen LogP) is 2.04. The molecule has 0 amide bonds. The lowest BCUT2D eigenvalue weighted by Crippen LogP contribution is -1.93. The van der Waals surface area contributed by atoms with Crippen molar-refractivity contribution in [2.24, 2.45) is 0 Å². The van der Waals surface area contributed by atoms with Gasteiger partial charge in [-0.15, -0.1) is 0 Å². The molecule has 1 nitrogen and oxygen atoms in total. The van der Waals surface area contributed by atoms with Crippen molar-refractivity contribution < 1.29 is 4.39 Å². The van der Waals surface area contributed by atoms with Gasteiger partial charge in [0.1, 0.15) is 0 Å². The minimum absolute atomic E-state index is 0.268. The van der Waals surface area contributed by atoms with Gasteiger partial charge in [0.2, 0.25) is 0 Å². The standard InChI is InChI=1S/C7H10FN/c1-6(2)9-5-7(9)3-4-8/h5H,1,3-4H2,2H3. The van der Waals surface area contributed by atoms with Gasteiger partial charge >= 0.3 is 0 Å². The molecule has 1 aliphatic rings. The molecule has 0 aliphatic carbocycles. The minimum Gasteiger partial charge on any atom is -0.322 e. The van der Waals surface area contributed by atoms with Gasteiger partial charge in [0.15, 0.2) is 0 Å². The van der Waals surface area contributed by atoms with Gasteiger partial charge in [-0.25, -0.2) is 0 Å². The van der Waals surface area contributed by atoms with Crippen LogP contribution in [0.15, 0.2) is 24.2 Å². The first-order valence-electron chi connectivity index (χ1n) is 2.97. The number of alkyl halides is 1. The van der Waals surface area contributed by atoms with Crippen molar-refractivity contribution in [1.29, 1.82) is 0 Å². The summed E-state index contributed by atoms with van der Waals surface area (Å²) in [5, 5.41) is 0. The Hall–Kier alpha value is -0.790. The summed E-state index contributed by atoms with van der Waals surface area (Å²) < 4.78 is 11.6. The minimum atomic E-state index is -0.268.